The van der Waals surface area contributed by atoms with Crippen molar-refractivity contribution in [2.24, 2.45) is 5.92 Å². The van der Waals surface area contributed by atoms with E-state index in [4.69, 9.17) is 0 Å². The number of rotatable bonds is 25. The minimum atomic E-state index is -4.57. The van der Waals surface area contributed by atoms with E-state index in [2.05, 4.69) is 18.0 Å². The van der Waals surface area contributed by atoms with E-state index < -0.39 is 10.4 Å². The molecule has 0 saturated carbocycles. The summed E-state index contributed by atoms with van der Waals surface area (Å²) in [4.78, 5) is 0. The first kappa shape index (κ1) is 35.0. The van der Waals surface area contributed by atoms with Gasteiger partial charge in [-0.3, -0.25) is 4.18 Å². The Labute approximate surface area is 223 Å². The van der Waals surface area contributed by atoms with Crippen LogP contribution >= 0.6 is 0 Å². The van der Waals surface area contributed by atoms with E-state index in [1.54, 1.807) is 0 Å². The Morgan fingerprint density at radius 3 is 1.12 bits per heavy atom. The molecule has 188 valence electrons. The van der Waals surface area contributed by atoms with Crippen LogP contribution in [0.25, 0.3) is 0 Å². The third-order valence-electron chi connectivity index (χ3n) is 6.38. The molecule has 1 unspecified atom stereocenters. The Morgan fingerprint density at radius 2 is 0.844 bits per heavy atom. The Morgan fingerprint density at radius 1 is 0.562 bits per heavy atom. The Kier molecular flexibility index (Phi) is 29.0. The zero-order chi connectivity index (χ0) is 23.0. The predicted octanol–water partition coefficient (Wildman–Crippen LogP) is 5.71. The van der Waals surface area contributed by atoms with E-state index in [-0.39, 0.29) is 42.1 Å². The SMILES string of the molecule is CCCCCCCCCCCCCCCC(CCCCCCCCC)COS(=O)(=O)[O-].[Na+]. The summed E-state index contributed by atoms with van der Waals surface area (Å²) in [5.41, 5.74) is 0. The third-order valence-corrected chi connectivity index (χ3v) is 6.80. The number of unbranched alkanes of at least 4 members (excludes halogenated alkanes) is 18. The normalized spacial score (nSPS) is 12.6. The van der Waals surface area contributed by atoms with Crippen LogP contribution in [0.3, 0.4) is 0 Å². The van der Waals surface area contributed by atoms with Crippen molar-refractivity contribution in [3.8, 4) is 0 Å². The minimum Gasteiger partial charge on any atom is -0.726 e. The average Bonchev–Trinajstić information content (AvgIpc) is 2.73. The van der Waals surface area contributed by atoms with Gasteiger partial charge in [0, 0.05) is 0 Å². The van der Waals surface area contributed by atoms with Crippen LogP contribution in [0.5, 0.6) is 0 Å². The topological polar surface area (TPSA) is 66.4 Å². The van der Waals surface area contributed by atoms with E-state index in [1.165, 1.54) is 116 Å². The molecule has 1 atom stereocenters. The first-order valence-electron chi connectivity index (χ1n) is 13.6. The summed E-state index contributed by atoms with van der Waals surface area (Å²) in [5.74, 6) is 0.201. The second-order valence-electron chi connectivity index (χ2n) is 9.50. The Bertz CT molecular complexity index is 457. The molecule has 0 aromatic heterocycles. The van der Waals surface area contributed by atoms with E-state index in [1.807, 2.05) is 0 Å². The van der Waals surface area contributed by atoms with Gasteiger partial charge in [-0.2, -0.15) is 0 Å². The van der Waals surface area contributed by atoms with Gasteiger partial charge in [0.05, 0.1) is 6.61 Å². The molecule has 4 nitrogen and oxygen atoms in total. The zero-order valence-electron chi connectivity index (χ0n) is 21.9. The Balaban J connectivity index is 0. The molecule has 0 amide bonds. The van der Waals surface area contributed by atoms with Gasteiger partial charge in [-0.15, -0.1) is 0 Å². The van der Waals surface area contributed by atoms with Crippen LogP contribution in [-0.4, -0.2) is 19.6 Å². The first-order valence-corrected chi connectivity index (χ1v) is 14.9. The van der Waals surface area contributed by atoms with Crippen molar-refractivity contribution in [3.05, 3.63) is 0 Å². The third kappa shape index (κ3) is 28.9. The molecule has 0 bridgehead atoms. The van der Waals surface area contributed by atoms with Crippen molar-refractivity contribution >= 4 is 10.4 Å². The van der Waals surface area contributed by atoms with Gasteiger partial charge in [-0.25, -0.2) is 8.42 Å². The fourth-order valence-electron chi connectivity index (χ4n) is 4.33. The molecule has 0 aromatic carbocycles. The van der Waals surface area contributed by atoms with Crippen molar-refractivity contribution in [2.45, 2.75) is 155 Å². The van der Waals surface area contributed by atoms with Gasteiger partial charge < -0.3 is 4.55 Å². The molecule has 0 N–H and O–H groups in total. The maximum absolute atomic E-state index is 10.8. The predicted molar refractivity (Wildman–Crippen MR) is 132 cm³/mol. The maximum Gasteiger partial charge on any atom is 1.00 e. The fraction of sp³-hybridized carbons (Fsp3) is 1.00. The molecule has 0 spiro atoms. The zero-order valence-corrected chi connectivity index (χ0v) is 24.7. The summed E-state index contributed by atoms with van der Waals surface area (Å²) in [6.45, 7) is 4.56. The molecule has 0 aliphatic carbocycles. The van der Waals surface area contributed by atoms with Crippen LogP contribution in [0, 0.1) is 5.92 Å². The van der Waals surface area contributed by atoms with E-state index >= 15 is 0 Å². The van der Waals surface area contributed by atoms with Crippen molar-refractivity contribution in [3.63, 3.8) is 0 Å². The minimum absolute atomic E-state index is 0. The van der Waals surface area contributed by atoms with Gasteiger partial charge in [0.25, 0.3) is 0 Å². The monoisotopic (exact) mass is 484 g/mol. The number of hydrogen-bond donors (Lipinski definition) is 0. The summed E-state index contributed by atoms with van der Waals surface area (Å²) in [6.07, 6.45) is 28.0. The summed E-state index contributed by atoms with van der Waals surface area (Å²) in [6, 6.07) is 0. The van der Waals surface area contributed by atoms with Crippen LogP contribution in [0.1, 0.15) is 155 Å². The summed E-state index contributed by atoms with van der Waals surface area (Å²) in [5, 5.41) is 0. The van der Waals surface area contributed by atoms with Gasteiger partial charge in [0.15, 0.2) is 0 Å². The van der Waals surface area contributed by atoms with Crippen LogP contribution < -0.4 is 29.6 Å². The molecule has 0 saturated heterocycles. The standard InChI is InChI=1S/C26H54O4S.Na/c1-3-5-7-9-11-12-13-14-15-16-18-20-22-24-26(25-30-31(27,28)29)23-21-19-17-10-8-6-4-2;/h26H,3-25H2,1-2H3,(H,27,28,29);/q;+1/p-1. The molecule has 6 heteroatoms. The van der Waals surface area contributed by atoms with Gasteiger partial charge >= 0.3 is 29.6 Å². The molecule has 0 aliphatic rings. The second-order valence-corrected chi connectivity index (χ2v) is 10.6. The van der Waals surface area contributed by atoms with Gasteiger partial charge in [-0.1, -0.05) is 142 Å². The van der Waals surface area contributed by atoms with Crippen LogP contribution in [0.2, 0.25) is 0 Å². The van der Waals surface area contributed by atoms with Gasteiger partial charge in [0.2, 0.25) is 10.4 Å². The van der Waals surface area contributed by atoms with Gasteiger partial charge in [0.1, 0.15) is 0 Å². The molecule has 0 aliphatic heterocycles. The summed E-state index contributed by atoms with van der Waals surface area (Å²) in [7, 11) is -4.57. The summed E-state index contributed by atoms with van der Waals surface area (Å²) >= 11 is 0. The summed E-state index contributed by atoms with van der Waals surface area (Å²) < 4.78 is 37.1. The smallest absolute Gasteiger partial charge is 0.726 e. The van der Waals surface area contributed by atoms with Crippen LogP contribution in [0.15, 0.2) is 0 Å². The largest absolute Gasteiger partial charge is 1.00 e. The van der Waals surface area contributed by atoms with Crippen molar-refractivity contribution in [2.75, 3.05) is 6.61 Å². The van der Waals surface area contributed by atoms with Crippen molar-refractivity contribution < 1.29 is 46.7 Å². The molecule has 32 heavy (non-hydrogen) atoms. The first-order chi connectivity index (χ1) is 15.0. The van der Waals surface area contributed by atoms with Gasteiger partial charge in [-0.05, 0) is 18.8 Å². The molecule has 0 fully saturated rings. The molecule has 0 radical (unpaired) electrons. The van der Waals surface area contributed by atoms with Crippen molar-refractivity contribution in [1.82, 2.24) is 0 Å². The molecule has 0 heterocycles. The van der Waals surface area contributed by atoms with E-state index in [9.17, 15) is 13.0 Å². The Hall–Kier alpha value is 0.870. The van der Waals surface area contributed by atoms with E-state index in [0.29, 0.717) is 0 Å². The molecule has 0 rings (SSSR count). The second kappa shape index (κ2) is 26.5. The maximum atomic E-state index is 10.8. The quantitative estimate of drug-likeness (QED) is 0.0721. The molecular formula is C26H53NaO4S. The van der Waals surface area contributed by atoms with Crippen molar-refractivity contribution in [1.29, 1.82) is 0 Å². The van der Waals surface area contributed by atoms with Crippen LogP contribution in [-0.2, 0) is 14.6 Å². The average molecular weight is 485 g/mol. The molecule has 0 aromatic rings. The van der Waals surface area contributed by atoms with Crippen LogP contribution in [0.4, 0.5) is 0 Å². The number of hydrogen-bond acceptors (Lipinski definition) is 4. The van der Waals surface area contributed by atoms with E-state index in [0.717, 1.165) is 25.7 Å². The fourth-order valence-corrected chi connectivity index (χ4v) is 4.69. The molecular weight excluding hydrogens is 431 g/mol.